The van der Waals surface area contributed by atoms with Crippen LogP contribution in [0.4, 0.5) is 5.69 Å². The molecule has 3 N–H and O–H groups in total. The van der Waals surface area contributed by atoms with Crippen molar-refractivity contribution in [2.24, 2.45) is 10.7 Å². The van der Waals surface area contributed by atoms with Crippen LogP contribution in [0.15, 0.2) is 53.5 Å². The molecule has 1 unspecified atom stereocenters. The SMILES string of the molecule is CCOc1ccc(C(=O)COC(=O)c2ccc(NC(=O)CC3SC(N)=NC3=O)cc2)cc1. The van der Waals surface area contributed by atoms with Crippen LogP contribution >= 0.6 is 11.8 Å². The van der Waals surface area contributed by atoms with Gasteiger partial charge in [0.1, 0.15) is 11.0 Å². The van der Waals surface area contributed by atoms with Gasteiger partial charge in [0.25, 0.3) is 5.91 Å². The largest absolute Gasteiger partial charge is 0.494 e. The number of nitrogens with two attached hydrogens (primary N) is 1. The Labute approximate surface area is 188 Å². The van der Waals surface area contributed by atoms with Crippen molar-refractivity contribution in [1.29, 1.82) is 0 Å². The highest BCUT2D eigenvalue weighted by Gasteiger charge is 2.29. The second kappa shape index (κ2) is 10.6. The fourth-order valence-corrected chi connectivity index (χ4v) is 3.63. The molecular formula is C22H21N3O6S. The van der Waals surface area contributed by atoms with Crippen molar-refractivity contribution in [2.75, 3.05) is 18.5 Å². The van der Waals surface area contributed by atoms with Crippen LogP contribution < -0.4 is 15.8 Å². The van der Waals surface area contributed by atoms with E-state index in [1.807, 2.05) is 6.92 Å². The topological polar surface area (TPSA) is 137 Å². The summed E-state index contributed by atoms with van der Waals surface area (Å²) in [7, 11) is 0. The summed E-state index contributed by atoms with van der Waals surface area (Å²) < 4.78 is 10.4. The summed E-state index contributed by atoms with van der Waals surface area (Å²) >= 11 is 1.05. The number of esters is 1. The van der Waals surface area contributed by atoms with Crippen LogP contribution in [-0.4, -0.2) is 47.2 Å². The molecule has 1 aliphatic heterocycles. The minimum absolute atomic E-state index is 0.0643. The number of nitrogens with one attached hydrogen (secondary N) is 1. The van der Waals surface area contributed by atoms with E-state index in [-0.39, 0.29) is 28.8 Å². The molecule has 0 radical (unpaired) electrons. The van der Waals surface area contributed by atoms with Gasteiger partial charge in [0, 0.05) is 17.7 Å². The third-order valence-corrected chi connectivity index (χ3v) is 5.34. The van der Waals surface area contributed by atoms with Gasteiger partial charge in [-0.05, 0) is 55.5 Å². The Morgan fingerprint density at radius 1 is 1.06 bits per heavy atom. The number of carbonyl (C=O) groups is 4. The molecule has 0 fully saturated rings. The van der Waals surface area contributed by atoms with Gasteiger partial charge in [-0.25, -0.2) is 4.79 Å². The molecule has 0 bridgehead atoms. The Balaban J connectivity index is 1.47. The second-order valence-corrected chi connectivity index (χ2v) is 7.90. The average Bonchev–Trinajstić information content (AvgIpc) is 3.09. The number of hydrogen-bond acceptors (Lipinski definition) is 8. The Hall–Kier alpha value is -3.66. The van der Waals surface area contributed by atoms with E-state index in [0.717, 1.165) is 11.8 Å². The van der Waals surface area contributed by atoms with Crippen molar-refractivity contribution < 1.29 is 28.7 Å². The van der Waals surface area contributed by atoms with Crippen LogP contribution in [0.25, 0.3) is 0 Å². The van der Waals surface area contributed by atoms with Gasteiger partial charge in [0.15, 0.2) is 17.6 Å². The van der Waals surface area contributed by atoms with Crippen molar-refractivity contribution in [2.45, 2.75) is 18.6 Å². The molecule has 0 aliphatic carbocycles. The zero-order valence-corrected chi connectivity index (χ0v) is 18.0. The number of anilines is 1. The summed E-state index contributed by atoms with van der Waals surface area (Å²) in [5, 5.41) is 2.16. The number of nitrogens with zero attached hydrogens (tertiary/aromatic N) is 1. The maximum Gasteiger partial charge on any atom is 0.338 e. The van der Waals surface area contributed by atoms with Crippen LogP contribution in [0, 0.1) is 0 Å². The lowest BCUT2D eigenvalue weighted by molar-refractivity contribution is -0.121. The molecule has 9 nitrogen and oxygen atoms in total. The minimum Gasteiger partial charge on any atom is -0.494 e. The van der Waals surface area contributed by atoms with Crippen molar-refractivity contribution in [3.05, 3.63) is 59.7 Å². The third kappa shape index (κ3) is 6.17. The van der Waals surface area contributed by atoms with E-state index in [9.17, 15) is 19.2 Å². The van der Waals surface area contributed by atoms with E-state index < -0.39 is 23.7 Å². The van der Waals surface area contributed by atoms with Crippen LogP contribution in [0.5, 0.6) is 5.75 Å². The number of ketones is 1. The van der Waals surface area contributed by atoms with Gasteiger partial charge in [-0.2, -0.15) is 4.99 Å². The third-order valence-electron chi connectivity index (χ3n) is 4.36. The highest BCUT2D eigenvalue weighted by Crippen LogP contribution is 2.23. The predicted octanol–water partition coefficient (Wildman–Crippen LogP) is 2.41. The summed E-state index contributed by atoms with van der Waals surface area (Å²) in [4.78, 5) is 51.7. The van der Waals surface area contributed by atoms with E-state index in [2.05, 4.69) is 10.3 Å². The number of benzene rings is 2. The van der Waals surface area contributed by atoms with E-state index >= 15 is 0 Å². The Bertz CT molecular complexity index is 1050. The van der Waals surface area contributed by atoms with E-state index in [0.29, 0.717) is 23.6 Å². The smallest absolute Gasteiger partial charge is 0.338 e. The summed E-state index contributed by atoms with van der Waals surface area (Å²) in [5.74, 6) is -1.16. The van der Waals surface area contributed by atoms with Crippen molar-refractivity contribution in [3.8, 4) is 5.75 Å². The summed E-state index contributed by atoms with van der Waals surface area (Å²) in [6.45, 7) is 1.99. The fourth-order valence-electron chi connectivity index (χ4n) is 2.80. The number of amides is 2. The highest BCUT2D eigenvalue weighted by molar-refractivity contribution is 8.15. The van der Waals surface area contributed by atoms with Gasteiger partial charge in [0.2, 0.25) is 5.91 Å². The molecule has 32 heavy (non-hydrogen) atoms. The zero-order chi connectivity index (χ0) is 23.1. The van der Waals surface area contributed by atoms with Gasteiger partial charge in [-0.1, -0.05) is 11.8 Å². The van der Waals surface area contributed by atoms with E-state index in [4.69, 9.17) is 15.2 Å². The number of amidine groups is 1. The van der Waals surface area contributed by atoms with Gasteiger partial charge in [-0.3, -0.25) is 14.4 Å². The molecular weight excluding hydrogens is 434 g/mol. The first-order valence-electron chi connectivity index (χ1n) is 9.73. The standard InChI is InChI=1S/C22H21N3O6S/c1-2-30-16-9-5-13(6-10-16)17(26)12-31-21(29)14-3-7-15(8-4-14)24-19(27)11-18-20(28)25-22(23)32-18/h3-10,18H,2,11-12H2,1H3,(H,24,27)(H2,23,25,28). The first kappa shape index (κ1) is 23.0. The van der Waals surface area contributed by atoms with Crippen LogP contribution in [0.1, 0.15) is 34.1 Å². The normalized spacial score (nSPS) is 15.1. The Morgan fingerprint density at radius 3 is 2.31 bits per heavy atom. The van der Waals surface area contributed by atoms with Gasteiger partial charge in [0.05, 0.1) is 12.2 Å². The van der Waals surface area contributed by atoms with Crippen molar-refractivity contribution in [3.63, 3.8) is 0 Å². The molecule has 1 aliphatic rings. The first-order chi connectivity index (χ1) is 15.4. The quantitative estimate of drug-likeness (QED) is 0.434. The molecule has 2 aromatic rings. The molecule has 0 aromatic heterocycles. The molecule has 1 heterocycles. The molecule has 10 heteroatoms. The minimum atomic E-state index is -0.664. The molecule has 0 saturated heterocycles. The highest BCUT2D eigenvalue weighted by atomic mass is 32.2. The molecule has 166 valence electrons. The maximum atomic E-state index is 12.2. The van der Waals surface area contributed by atoms with Gasteiger partial charge < -0.3 is 20.5 Å². The first-order valence-corrected chi connectivity index (χ1v) is 10.6. The lowest BCUT2D eigenvalue weighted by atomic mass is 10.1. The van der Waals surface area contributed by atoms with Crippen molar-refractivity contribution >= 4 is 46.2 Å². The fraction of sp³-hybridized carbons (Fsp3) is 0.227. The summed E-state index contributed by atoms with van der Waals surface area (Å²) in [5.41, 5.74) is 6.55. The van der Waals surface area contributed by atoms with Crippen molar-refractivity contribution in [1.82, 2.24) is 0 Å². The monoisotopic (exact) mass is 455 g/mol. The molecule has 0 saturated carbocycles. The number of carbonyl (C=O) groups excluding carboxylic acids is 4. The van der Waals surface area contributed by atoms with Gasteiger partial charge >= 0.3 is 5.97 Å². The van der Waals surface area contributed by atoms with Crippen LogP contribution in [0.3, 0.4) is 0 Å². The van der Waals surface area contributed by atoms with E-state index in [1.54, 1.807) is 24.3 Å². The molecule has 0 spiro atoms. The average molecular weight is 455 g/mol. The number of Topliss-reactive ketones (excluding diaryl/α,β-unsaturated/α-hetero) is 1. The lowest BCUT2D eigenvalue weighted by Crippen LogP contribution is -2.21. The molecule has 2 amide bonds. The van der Waals surface area contributed by atoms with Crippen LogP contribution in [0.2, 0.25) is 0 Å². The number of rotatable bonds is 9. The number of thioether (sulfide) groups is 1. The lowest BCUT2D eigenvalue weighted by Gasteiger charge is -2.09. The second-order valence-electron chi connectivity index (χ2n) is 6.68. The van der Waals surface area contributed by atoms with E-state index in [1.165, 1.54) is 24.3 Å². The van der Waals surface area contributed by atoms with Gasteiger partial charge in [-0.15, -0.1) is 0 Å². The molecule has 1 atom stereocenters. The molecule has 2 aromatic carbocycles. The van der Waals surface area contributed by atoms with Crippen LogP contribution in [-0.2, 0) is 14.3 Å². The summed E-state index contributed by atoms with van der Waals surface area (Å²) in [6.07, 6.45) is -0.0643. The predicted molar refractivity (Wildman–Crippen MR) is 120 cm³/mol. The zero-order valence-electron chi connectivity index (χ0n) is 17.2. The maximum absolute atomic E-state index is 12.2. The molecule has 3 rings (SSSR count). The number of hydrogen-bond donors (Lipinski definition) is 2. The Morgan fingerprint density at radius 2 is 1.72 bits per heavy atom. The number of aliphatic imine (C=N–C) groups is 1. The summed E-state index contributed by atoms with van der Waals surface area (Å²) in [6, 6.07) is 12.6. The Kier molecular flexibility index (Phi) is 7.61. The number of ether oxygens (including phenoxy) is 2.